The van der Waals surface area contributed by atoms with Gasteiger partial charge in [0, 0.05) is 31.0 Å². The number of nitrogens with one attached hydrogen (secondary N) is 2. The molecule has 4 rings (SSSR count). The maximum atomic E-state index is 12.9. The molecule has 0 aliphatic carbocycles. The first kappa shape index (κ1) is 30.0. The summed E-state index contributed by atoms with van der Waals surface area (Å²) in [6.07, 6.45) is 2.89. The second-order valence-electron chi connectivity index (χ2n) is 7.89. The number of halogens is 4. The van der Waals surface area contributed by atoms with Crippen molar-refractivity contribution in [2.24, 2.45) is 10.2 Å². The molecule has 0 heterocycles. The van der Waals surface area contributed by atoms with Gasteiger partial charge in [-0.05, 0) is 48.5 Å². The van der Waals surface area contributed by atoms with E-state index in [1.165, 1.54) is 34.0 Å². The van der Waals surface area contributed by atoms with Crippen LogP contribution in [0.15, 0.2) is 105 Å². The number of amides is 2. The van der Waals surface area contributed by atoms with Gasteiger partial charge in [-0.2, -0.15) is 10.2 Å². The standard InChI is InChI=1S/C28H18Cl4N4O2S2/c29-19-11-9-17(23(31)13-19)15-33-35-27(37)21-5-1-3-7-25(21)39-40-26-8-4-2-6-22(26)28(38)36-34-16-18-10-12-20(30)14-24(18)32/h1-16H,(H,35,37)(H,36,38)/b33-15+,34-16+. The molecule has 2 N–H and O–H groups in total. The SMILES string of the molecule is O=C(N/N=C/c1ccc(Cl)cc1Cl)c1ccccc1SSc1ccccc1C(=O)N/N=C/c1ccc(Cl)cc1Cl. The van der Waals surface area contributed by atoms with E-state index >= 15 is 0 Å². The molecular weight excluding hydrogens is 630 g/mol. The molecule has 0 aliphatic heterocycles. The van der Waals surface area contributed by atoms with E-state index in [0.29, 0.717) is 52.1 Å². The van der Waals surface area contributed by atoms with Gasteiger partial charge in [-0.25, -0.2) is 10.9 Å². The third-order valence-corrected chi connectivity index (χ3v) is 8.76. The van der Waals surface area contributed by atoms with Gasteiger partial charge in [-0.3, -0.25) is 9.59 Å². The molecule has 0 saturated heterocycles. The Bertz CT molecular complexity index is 1500. The minimum atomic E-state index is -0.397. The number of hydrogen-bond acceptors (Lipinski definition) is 6. The van der Waals surface area contributed by atoms with E-state index in [0.717, 1.165) is 0 Å². The number of hydrogen-bond donors (Lipinski definition) is 2. The van der Waals surface area contributed by atoms with Crippen molar-refractivity contribution < 1.29 is 9.59 Å². The number of nitrogens with zero attached hydrogens (tertiary/aromatic N) is 2. The van der Waals surface area contributed by atoms with Crippen LogP contribution in [0.5, 0.6) is 0 Å². The van der Waals surface area contributed by atoms with Crippen LogP contribution >= 0.6 is 68.0 Å². The summed E-state index contributed by atoms with van der Waals surface area (Å²) in [5.74, 6) is -0.794. The Hall–Kier alpha value is -2.98. The first-order chi connectivity index (χ1) is 19.3. The summed E-state index contributed by atoms with van der Waals surface area (Å²) in [4.78, 5) is 27.1. The fourth-order valence-corrected chi connectivity index (χ4v) is 6.47. The minimum absolute atomic E-state index is 0.397. The molecule has 0 spiro atoms. The van der Waals surface area contributed by atoms with Gasteiger partial charge in [0.1, 0.15) is 0 Å². The quantitative estimate of drug-likeness (QED) is 0.108. The fraction of sp³-hybridized carbons (Fsp3) is 0. The number of rotatable bonds is 9. The smallest absolute Gasteiger partial charge is 0.267 e. The van der Waals surface area contributed by atoms with Crippen LogP contribution in [-0.2, 0) is 0 Å². The number of benzene rings is 4. The van der Waals surface area contributed by atoms with Crippen molar-refractivity contribution in [3.63, 3.8) is 0 Å². The average Bonchev–Trinajstić information content (AvgIpc) is 2.94. The predicted molar refractivity (Wildman–Crippen MR) is 168 cm³/mol. The van der Waals surface area contributed by atoms with Crippen molar-refractivity contribution in [3.8, 4) is 0 Å². The van der Waals surface area contributed by atoms with Crippen molar-refractivity contribution in [1.82, 2.24) is 10.9 Å². The normalized spacial score (nSPS) is 11.2. The molecule has 0 aromatic heterocycles. The van der Waals surface area contributed by atoms with E-state index in [1.54, 1.807) is 60.7 Å². The second-order valence-corrected chi connectivity index (χ2v) is 11.8. The molecule has 2 amide bonds. The molecular formula is C28H18Cl4N4O2S2. The molecule has 0 atom stereocenters. The maximum absolute atomic E-state index is 12.9. The summed E-state index contributed by atoms with van der Waals surface area (Å²) in [5.41, 5.74) is 7.11. The molecule has 0 unspecified atom stereocenters. The Kier molecular flexibility index (Phi) is 10.9. The van der Waals surface area contributed by atoms with Crippen LogP contribution < -0.4 is 10.9 Å². The van der Waals surface area contributed by atoms with E-state index in [4.69, 9.17) is 46.4 Å². The van der Waals surface area contributed by atoms with Gasteiger partial charge in [-0.15, -0.1) is 0 Å². The van der Waals surface area contributed by atoms with Gasteiger partial charge in [0.25, 0.3) is 11.8 Å². The predicted octanol–water partition coefficient (Wildman–Crippen LogP) is 8.63. The molecule has 4 aromatic carbocycles. The van der Waals surface area contributed by atoms with Crippen LogP contribution in [-0.4, -0.2) is 24.2 Å². The Morgan fingerprint density at radius 1 is 0.600 bits per heavy atom. The zero-order chi connectivity index (χ0) is 28.5. The number of carbonyl (C=O) groups is 2. The van der Waals surface area contributed by atoms with E-state index in [9.17, 15) is 9.59 Å². The minimum Gasteiger partial charge on any atom is -0.267 e. The molecule has 0 fully saturated rings. The van der Waals surface area contributed by atoms with Crippen molar-refractivity contribution in [2.75, 3.05) is 0 Å². The first-order valence-corrected chi connectivity index (χ1v) is 15.1. The molecule has 12 heteroatoms. The van der Waals surface area contributed by atoms with E-state index < -0.39 is 11.8 Å². The molecule has 40 heavy (non-hydrogen) atoms. The zero-order valence-corrected chi connectivity index (χ0v) is 24.9. The van der Waals surface area contributed by atoms with E-state index in [2.05, 4.69) is 21.1 Å². The second kappa shape index (κ2) is 14.6. The first-order valence-electron chi connectivity index (χ1n) is 11.4. The fourth-order valence-electron chi connectivity index (χ4n) is 3.20. The molecule has 6 nitrogen and oxygen atoms in total. The van der Waals surface area contributed by atoms with Crippen LogP contribution in [0.3, 0.4) is 0 Å². The van der Waals surface area contributed by atoms with Crippen molar-refractivity contribution in [1.29, 1.82) is 0 Å². The van der Waals surface area contributed by atoms with E-state index in [1.807, 2.05) is 24.3 Å². The lowest BCUT2D eigenvalue weighted by Crippen LogP contribution is -2.18. The van der Waals surface area contributed by atoms with Gasteiger partial charge < -0.3 is 0 Å². The van der Waals surface area contributed by atoms with Gasteiger partial charge in [-0.1, -0.05) is 104 Å². The molecule has 4 aromatic rings. The summed E-state index contributed by atoms with van der Waals surface area (Å²) in [6.45, 7) is 0. The highest BCUT2D eigenvalue weighted by Gasteiger charge is 2.15. The summed E-state index contributed by atoms with van der Waals surface area (Å²) in [5, 5.41) is 9.87. The lowest BCUT2D eigenvalue weighted by Gasteiger charge is -2.10. The third kappa shape index (κ3) is 8.27. The number of hydrazone groups is 2. The van der Waals surface area contributed by atoms with Crippen molar-refractivity contribution in [2.45, 2.75) is 9.79 Å². The highest BCUT2D eigenvalue weighted by Crippen LogP contribution is 2.40. The lowest BCUT2D eigenvalue weighted by atomic mass is 10.2. The Balaban J connectivity index is 1.41. The Morgan fingerprint density at radius 3 is 1.40 bits per heavy atom. The number of carbonyl (C=O) groups excluding carboxylic acids is 2. The summed E-state index contributed by atoms with van der Waals surface area (Å²) >= 11 is 24.1. The summed E-state index contributed by atoms with van der Waals surface area (Å²) in [7, 11) is 2.68. The summed E-state index contributed by atoms with van der Waals surface area (Å²) < 4.78 is 0. The monoisotopic (exact) mass is 646 g/mol. The van der Waals surface area contributed by atoms with Crippen molar-refractivity contribution >= 4 is 92.2 Å². The zero-order valence-electron chi connectivity index (χ0n) is 20.3. The Morgan fingerprint density at radius 2 is 1.00 bits per heavy atom. The highest BCUT2D eigenvalue weighted by atomic mass is 35.5. The van der Waals surface area contributed by atoms with Crippen LogP contribution in [0, 0.1) is 0 Å². The molecule has 0 aliphatic rings. The average molecular weight is 648 g/mol. The molecule has 202 valence electrons. The van der Waals surface area contributed by atoms with Gasteiger partial charge in [0.2, 0.25) is 0 Å². The van der Waals surface area contributed by atoms with Gasteiger partial charge in [0.15, 0.2) is 0 Å². The van der Waals surface area contributed by atoms with Crippen LogP contribution in [0.25, 0.3) is 0 Å². The van der Waals surface area contributed by atoms with Crippen LogP contribution in [0.1, 0.15) is 31.8 Å². The highest BCUT2D eigenvalue weighted by molar-refractivity contribution is 8.76. The van der Waals surface area contributed by atoms with E-state index in [-0.39, 0.29) is 0 Å². The van der Waals surface area contributed by atoms with Gasteiger partial charge in [0.05, 0.1) is 33.6 Å². The molecule has 0 saturated carbocycles. The van der Waals surface area contributed by atoms with Crippen LogP contribution in [0.4, 0.5) is 0 Å². The third-order valence-electron chi connectivity index (χ3n) is 5.15. The largest absolute Gasteiger partial charge is 0.272 e. The molecule has 0 bridgehead atoms. The topological polar surface area (TPSA) is 82.9 Å². The molecule has 0 radical (unpaired) electrons. The summed E-state index contributed by atoms with van der Waals surface area (Å²) in [6, 6.07) is 24.1. The maximum Gasteiger partial charge on any atom is 0.272 e. The van der Waals surface area contributed by atoms with Gasteiger partial charge >= 0.3 is 0 Å². The Labute approximate surface area is 258 Å². The van der Waals surface area contributed by atoms with Crippen molar-refractivity contribution in [3.05, 3.63) is 127 Å². The lowest BCUT2D eigenvalue weighted by molar-refractivity contribution is 0.0944. The van der Waals surface area contributed by atoms with Crippen LogP contribution in [0.2, 0.25) is 20.1 Å².